The number of thiophene rings is 1. The van der Waals surface area contributed by atoms with Crippen molar-refractivity contribution < 1.29 is 4.74 Å². The predicted molar refractivity (Wildman–Crippen MR) is 77.5 cm³/mol. The third kappa shape index (κ3) is 2.57. The molecule has 96 valence electrons. The number of aryl methyl sites for hydroxylation is 2. The second-order valence-electron chi connectivity index (χ2n) is 4.36. The Labute approximate surface area is 112 Å². The van der Waals surface area contributed by atoms with E-state index >= 15 is 0 Å². The zero-order valence-electron chi connectivity index (χ0n) is 11.1. The largest absolute Gasteiger partial charge is 0.496 e. The van der Waals surface area contributed by atoms with Crippen LogP contribution in [0.2, 0.25) is 0 Å². The molecule has 0 amide bonds. The van der Waals surface area contributed by atoms with Gasteiger partial charge in [0, 0.05) is 9.75 Å². The lowest BCUT2D eigenvalue weighted by Gasteiger charge is -2.12. The Kier molecular flexibility index (Phi) is 4.04. The number of hydrogen-bond donors (Lipinski definition) is 1. The van der Waals surface area contributed by atoms with E-state index in [2.05, 4.69) is 25.1 Å². The molecule has 0 radical (unpaired) electrons. The second kappa shape index (κ2) is 5.55. The molecule has 1 unspecified atom stereocenters. The number of ether oxygens (including phenoxy) is 1. The Morgan fingerprint density at radius 3 is 2.61 bits per heavy atom. The van der Waals surface area contributed by atoms with Crippen LogP contribution in [0.5, 0.6) is 5.75 Å². The molecule has 1 heterocycles. The van der Waals surface area contributed by atoms with E-state index in [9.17, 15) is 0 Å². The molecular formula is C15H19NOS. The fourth-order valence-electron chi connectivity index (χ4n) is 2.01. The molecule has 0 saturated carbocycles. The number of rotatable bonds is 4. The molecule has 1 aromatic carbocycles. The van der Waals surface area contributed by atoms with E-state index in [-0.39, 0.29) is 6.04 Å². The number of methoxy groups -OCH3 is 1. The highest BCUT2D eigenvalue weighted by Gasteiger charge is 2.12. The summed E-state index contributed by atoms with van der Waals surface area (Å²) in [5.74, 6) is 0.909. The van der Waals surface area contributed by atoms with Gasteiger partial charge in [-0.15, -0.1) is 11.3 Å². The molecular weight excluding hydrogens is 242 g/mol. The number of hydrogen-bond acceptors (Lipinski definition) is 3. The van der Waals surface area contributed by atoms with Crippen molar-refractivity contribution >= 4 is 11.3 Å². The molecule has 2 nitrogen and oxygen atoms in total. The summed E-state index contributed by atoms with van der Waals surface area (Å²) in [5, 5.41) is 0. The van der Waals surface area contributed by atoms with Gasteiger partial charge in [0.25, 0.3) is 0 Å². The maximum Gasteiger partial charge on any atom is 0.121 e. The molecule has 2 rings (SSSR count). The molecule has 18 heavy (non-hydrogen) atoms. The molecule has 2 N–H and O–H groups in total. The molecule has 0 spiro atoms. The van der Waals surface area contributed by atoms with Crippen LogP contribution >= 0.6 is 11.3 Å². The van der Waals surface area contributed by atoms with E-state index in [1.165, 1.54) is 9.75 Å². The van der Waals surface area contributed by atoms with Crippen LogP contribution in [-0.2, 0) is 6.42 Å². The fraction of sp³-hybridized carbons (Fsp3) is 0.333. The Hall–Kier alpha value is -1.32. The van der Waals surface area contributed by atoms with Crippen LogP contribution in [0.3, 0.4) is 0 Å². The lowest BCUT2D eigenvalue weighted by atomic mass is 10.0. The maximum absolute atomic E-state index is 6.31. The summed E-state index contributed by atoms with van der Waals surface area (Å²) in [6, 6.07) is 10.4. The summed E-state index contributed by atoms with van der Waals surface area (Å²) in [6.07, 6.45) is 1.07. The lowest BCUT2D eigenvalue weighted by molar-refractivity contribution is 0.411. The molecule has 3 heteroatoms. The number of benzene rings is 1. The van der Waals surface area contributed by atoms with Crippen molar-refractivity contribution in [3.8, 4) is 5.75 Å². The third-order valence-electron chi connectivity index (χ3n) is 3.12. The average Bonchev–Trinajstić information content (AvgIpc) is 2.86. The van der Waals surface area contributed by atoms with Gasteiger partial charge in [-0.2, -0.15) is 0 Å². The quantitative estimate of drug-likeness (QED) is 0.911. The van der Waals surface area contributed by atoms with Crippen molar-refractivity contribution in [2.45, 2.75) is 26.3 Å². The second-order valence-corrected chi connectivity index (χ2v) is 5.56. The van der Waals surface area contributed by atoms with E-state index in [1.807, 2.05) is 19.1 Å². The van der Waals surface area contributed by atoms with Crippen LogP contribution in [0.1, 0.15) is 33.8 Å². The summed E-state index contributed by atoms with van der Waals surface area (Å²) < 4.78 is 5.27. The molecule has 0 fully saturated rings. The van der Waals surface area contributed by atoms with Gasteiger partial charge in [-0.3, -0.25) is 0 Å². The summed E-state index contributed by atoms with van der Waals surface area (Å²) in [6.45, 7) is 4.21. The zero-order chi connectivity index (χ0) is 13.1. The van der Waals surface area contributed by atoms with Crippen LogP contribution < -0.4 is 10.5 Å². The highest BCUT2D eigenvalue weighted by Crippen LogP contribution is 2.29. The monoisotopic (exact) mass is 261 g/mol. The van der Waals surface area contributed by atoms with Crippen molar-refractivity contribution in [1.29, 1.82) is 0 Å². The van der Waals surface area contributed by atoms with Gasteiger partial charge in [-0.1, -0.05) is 19.1 Å². The van der Waals surface area contributed by atoms with Crippen LogP contribution in [0, 0.1) is 6.92 Å². The van der Waals surface area contributed by atoms with Gasteiger partial charge in [0.2, 0.25) is 0 Å². The maximum atomic E-state index is 6.31. The number of nitrogens with two attached hydrogens (primary N) is 1. The van der Waals surface area contributed by atoms with Gasteiger partial charge in [0.05, 0.1) is 13.2 Å². The normalized spacial score (nSPS) is 12.4. The minimum atomic E-state index is -0.0418. The summed E-state index contributed by atoms with van der Waals surface area (Å²) >= 11 is 1.80. The van der Waals surface area contributed by atoms with Crippen molar-refractivity contribution in [1.82, 2.24) is 0 Å². The molecule has 0 aliphatic carbocycles. The van der Waals surface area contributed by atoms with Gasteiger partial charge in [0.15, 0.2) is 0 Å². The van der Waals surface area contributed by atoms with Gasteiger partial charge in [-0.25, -0.2) is 0 Å². The fourth-order valence-corrected chi connectivity index (χ4v) is 2.99. The lowest BCUT2D eigenvalue weighted by Crippen LogP contribution is -2.10. The van der Waals surface area contributed by atoms with Crippen molar-refractivity contribution in [3.05, 3.63) is 51.2 Å². The average molecular weight is 261 g/mol. The summed E-state index contributed by atoms with van der Waals surface area (Å²) in [4.78, 5) is 2.60. The van der Waals surface area contributed by atoms with Gasteiger partial charge >= 0.3 is 0 Å². The minimum Gasteiger partial charge on any atom is -0.496 e. The standard InChI is InChI=1S/C15H19NOS/c1-4-12-6-8-14(18-12)15(16)11-5-7-13(17-3)10(2)9-11/h5-9,15H,4,16H2,1-3H3. The topological polar surface area (TPSA) is 35.2 Å². The van der Waals surface area contributed by atoms with E-state index in [1.54, 1.807) is 18.4 Å². The van der Waals surface area contributed by atoms with Crippen LogP contribution in [0.4, 0.5) is 0 Å². The van der Waals surface area contributed by atoms with Crippen LogP contribution in [0.15, 0.2) is 30.3 Å². The smallest absolute Gasteiger partial charge is 0.121 e. The first kappa shape index (κ1) is 13.1. The Bertz CT molecular complexity index is 533. The highest BCUT2D eigenvalue weighted by molar-refractivity contribution is 7.12. The van der Waals surface area contributed by atoms with E-state index < -0.39 is 0 Å². The predicted octanol–water partition coefficient (Wildman–Crippen LogP) is 3.68. The Balaban J connectivity index is 2.27. The first-order valence-electron chi connectivity index (χ1n) is 6.14. The molecule has 2 aromatic rings. The van der Waals surface area contributed by atoms with Crippen molar-refractivity contribution in [2.75, 3.05) is 7.11 Å². The molecule has 0 saturated heterocycles. The van der Waals surface area contributed by atoms with Gasteiger partial charge in [0.1, 0.15) is 5.75 Å². The van der Waals surface area contributed by atoms with E-state index in [0.717, 1.165) is 23.3 Å². The first-order chi connectivity index (χ1) is 8.65. The molecule has 0 aliphatic heterocycles. The molecule has 0 bridgehead atoms. The summed E-state index contributed by atoms with van der Waals surface area (Å²) in [5.41, 5.74) is 8.57. The van der Waals surface area contributed by atoms with Crippen molar-refractivity contribution in [3.63, 3.8) is 0 Å². The third-order valence-corrected chi connectivity index (χ3v) is 4.43. The molecule has 1 aromatic heterocycles. The molecule has 1 atom stereocenters. The molecule has 0 aliphatic rings. The van der Waals surface area contributed by atoms with Gasteiger partial charge < -0.3 is 10.5 Å². The summed E-state index contributed by atoms with van der Waals surface area (Å²) in [7, 11) is 1.69. The van der Waals surface area contributed by atoms with E-state index in [4.69, 9.17) is 10.5 Å². The van der Waals surface area contributed by atoms with Crippen LogP contribution in [-0.4, -0.2) is 7.11 Å². The van der Waals surface area contributed by atoms with Crippen molar-refractivity contribution in [2.24, 2.45) is 5.73 Å². The SMILES string of the molecule is CCc1ccc(C(N)c2ccc(OC)c(C)c2)s1. The minimum absolute atomic E-state index is 0.0418. The Morgan fingerprint density at radius 2 is 2.06 bits per heavy atom. The van der Waals surface area contributed by atoms with E-state index in [0.29, 0.717) is 0 Å². The highest BCUT2D eigenvalue weighted by atomic mass is 32.1. The van der Waals surface area contributed by atoms with Crippen LogP contribution in [0.25, 0.3) is 0 Å². The van der Waals surface area contributed by atoms with Gasteiger partial charge in [-0.05, 0) is 42.7 Å². The Morgan fingerprint density at radius 1 is 1.28 bits per heavy atom. The first-order valence-corrected chi connectivity index (χ1v) is 6.96. The zero-order valence-corrected chi connectivity index (χ0v) is 11.9.